The number of ether oxygens (including phenoxy) is 8. The maximum Gasteiger partial charge on any atom is 0.410 e. The monoisotopic (exact) mass is 1460 g/mol. The number of hydrogen-bond acceptors (Lipinski definition) is 21. The van der Waals surface area contributed by atoms with Gasteiger partial charge in [0, 0.05) is 97.0 Å². The molecule has 11 atom stereocenters. The summed E-state index contributed by atoms with van der Waals surface area (Å²) in [5.41, 5.74) is 10.3. The van der Waals surface area contributed by atoms with Gasteiger partial charge in [0.2, 0.25) is 29.5 Å². The lowest BCUT2D eigenvalue weighted by molar-refractivity contribution is -0.158. The number of anilines is 3. The highest BCUT2D eigenvalue weighted by molar-refractivity contribution is 6.35. The van der Waals surface area contributed by atoms with Crippen molar-refractivity contribution < 1.29 is 86.2 Å². The number of epoxide rings is 1. The minimum atomic E-state index is -1.92. The Balaban J connectivity index is 0.889. The smallest absolute Gasteiger partial charge is 0.410 e. The third-order valence-electron chi connectivity index (χ3n) is 18.9. The first-order valence-corrected chi connectivity index (χ1v) is 35.0. The van der Waals surface area contributed by atoms with Gasteiger partial charge < -0.3 is 85.1 Å². The lowest BCUT2D eigenvalue weighted by Crippen LogP contribution is -2.63. The van der Waals surface area contributed by atoms with Crippen LogP contribution in [0.2, 0.25) is 5.02 Å². The molecule has 1 unspecified atom stereocenters. The first-order valence-electron chi connectivity index (χ1n) is 34.7. The summed E-state index contributed by atoms with van der Waals surface area (Å²) in [4.78, 5) is 125. The number of alkyl carbamates (subject to hydrolysis) is 1. The molecule has 4 aliphatic rings. The Morgan fingerprint density at radius 3 is 2.30 bits per heavy atom. The van der Waals surface area contributed by atoms with Crippen molar-refractivity contribution in [3.05, 3.63) is 106 Å². The molecule has 4 bridgehead atoms. The number of hydrazine groups is 1. The third kappa shape index (κ3) is 22.9. The number of hydrogen-bond donors (Lipinski definition) is 9. The van der Waals surface area contributed by atoms with Crippen molar-refractivity contribution in [1.82, 2.24) is 41.9 Å². The molecule has 7 rings (SSSR count). The van der Waals surface area contributed by atoms with E-state index in [-0.39, 0.29) is 82.2 Å². The molecule has 10 N–H and O–H groups in total. The number of amides is 9. The fraction of sp³-hybridized carbons (Fsp3) is 0.569. The van der Waals surface area contributed by atoms with E-state index in [0.717, 1.165) is 34.7 Å². The van der Waals surface area contributed by atoms with E-state index in [1.54, 1.807) is 76.2 Å². The molecule has 0 aromatic heterocycles. The summed E-state index contributed by atoms with van der Waals surface area (Å²) in [6, 6.07) is 14.1. The van der Waals surface area contributed by atoms with E-state index in [4.69, 9.17) is 55.2 Å². The number of urea groups is 1. The first kappa shape index (κ1) is 81.7. The summed E-state index contributed by atoms with van der Waals surface area (Å²) in [6.45, 7) is 12.4. The molecule has 2 saturated heterocycles. The van der Waals surface area contributed by atoms with Crippen molar-refractivity contribution in [1.29, 1.82) is 0 Å². The zero-order chi connectivity index (χ0) is 75.3. The number of nitrogens with two attached hydrogens (primary N) is 1. The Morgan fingerprint density at radius 1 is 0.893 bits per heavy atom. The summed E-state index contributed by atoms with van der Waals surface area (Å²) in [5, 5.41) is 30.3. The van der Waals surface area contributed by atoms with Gasteiger partial charge in [-0.25, -0.2) is 24.2 Å². The van der Waals surface area contributed by atoms with Crippen molar-refractivity contribution in [2.75, 3.05) is 110 Å². The number of nitrogens with one attached hydrogen (secondary N) is 7. The second kappa shape index (κ2) is 38.2. The molecule has 2 fully saturated rings. The van der Waals surface area contributed by atoms with Gasteiger partial charge in [-0.1, -0.05) is 86.5 Å². The molecular weight excluding hydrogens is 1360 g/mol. The van der Waals surface area contributed by atoms with Gasteiger partial charge in [-0.15, -0.1) is 0 Å². The number of carbonyl (C=O) groups excluding carboxylic acids is 9. The Labute approximate surface area is 607 Å². The molecule has 31 heteroatoms. The Hall–Kier alpha value is -8.62. The van der Waals surface area contributed by atoms with Crippen LogP contribution in [0.25, 0.3) is 0 Å². The molecule has 566 valence electrons. The average Bonchev–Trinajstić information content (AvgIpc) is 1.57. The molecule has 9 amide bonds. The van der Waals surface area contributed by atoms with Gasteiger partial charge in [-0.2, -0.15) is 0 Å². The number of para-hydroxylation sites is 1. The maximum atomic E-state index is 14.5. The van der Waals surface area contributed by atoms with Crippen molar-refractivity contribution in [2.24, 2.45) is 17.6 Å². The summed E-state index contributed by atoms with van der Waals surface area (Å²) in [5.74, 6) is -3.96. The van der Waals surface area contributed by atoms with Gasteiger partial charge in [0.05, 0.1) is 51.7 Å². The quantitative estimate of drug-likeness (QED) is 0.0134. The van der Waals surface area contributed by atoms with E-state index < -0.39 is 120 Å². The van der Waals surface area contributed by atoms with Crippen molar-refractivity contribution in [2.45, 2.75) is 159 Å². The topological polar surface area (TPSA) is 374 Å². The van der Waals surface area contributed by atoms with Crippen LogP contribution in [0, 0.1) is 11.8 Å². The van der Waals surface area contributed by atoms with Crippen molar-refractivity contribution >= 4 is 82.4 Å². The van der Waals surface area contributed by atoms with Gasteiger partial charge in [0.25, 0.3) is 0 Å². The van der Waals surface area contributed by atoms with E-state index in [1.807, 2.05) is 44.2 Å². The molecular formula is C72H103ClN12O18. The lowest BCUT2D eigenvalue weighted by Gasteiger charge is -2.42. The molecule has 0 spiro atoms. The number of carbonyl (C=O) groups is 9. The molecule has 3 aromatic carbocycles. The van der Waals surface area contributed by atoms with Crippen LogP contribution in [-0.4, -0.2) is 224 Å². The number of nitrogens with zero attached hydrogens (tertiary/aromatic N) is 4. The molecule has 0 radical (unpaired) electrons. The average molecular weight is 1460 g/mol. The predicted molar refractivity (Wildman–Crippen MR) is 384 cm³/mol. The van der Waals surface area contributed by atoms with Gasteiger partial charge in [0.15, 0.2) is 5.72 Å². The SMILES string of the molecule is CNN(C)CC1Cc2ccccc2N1CCC(=O)NCCOCCOCCC(=O)N[C@H](C(=O)N[C@@H](CCCNC(N)=O)C(=O)Nc1ccc(COC(=O)N(C)[C@@H](C)C(=O)O[C@H]2CC(=O)N(C)c3cc(cc(OC)c3Cl)C/C(C)=C/C=C/[C@@H](OC)[C@@]3(O)C[C@H](OC(=O)N3)[C@@H](C)[C@@H]3O[C@]23C)cc1)C(C)C. The highest BCUT2D eigenvalue weighted by Crippen LogP contribution is 2.49. The normalized spacial score (nSPS) is 23.4. The summed E-state index contributed by atoms with van der Waals surface area (Å²) in [7, 11) is 9.59. The fourth-order valence-electron chi connectivity index (χ4n) is 12.6. The Morgan fingerprint density at radius 2 is 1.61 bits per heavy atom. The van der Waals surface area contributed by atoms with Crippen LogP contribution in [0.15, 0.2) is 84.5 Å². The van der Waals surface area contributed by atoms with Crippen molar-refractivity contribution in [3.63, 3.8) is 0 Å². The molecule has 0 aliphatic carbocycles. The van der Waals surface area contributed by atoms with Crippen LogP contribution >= 0.6 is 11.6 Å². The fourth-order valence-corrected chi connectivity index (χ4v) is 12.9. The first-order chi connectivity index (χ1) is 49.0. The summed E-state index contributed by atoms with van der Waals surface area (Å²) in [6.07, 6.45) is 0.579. The zero-order valence-electron chi connectivity index (χ0n) is 60.9. The van der Waals surface area contributed by atoms with E-state index in [9.17, 15) is 48.3 Å². The number of fused-ring (bicyclic) bond motifs is 6. The molecule has 4 aliphatic heterocycles. The zero-order valence-corrected chi connectivity index (χ0v) is 61.7. The van der Waals surface area contributed by atoms with Gasteiger partial charge in [0.1, 0.15) is 59.4 Å². The molecule has 4 heterocycles. The van der Waals surface area contributed by atoms with E-state index in [0.29, 0.717) is 48.6 Å². The molecule has 103 heavy (non-hydrogen) atoms. The Kier molecular flexibility index (Phi) is 30.3. The summed E-state index contributed by atoms with van der Waals surface area (Å²) < 4.78 is 46.4. The summed E-state index contributed by atoms with van der Waals surface area (Å²) >= 11 is 6.85. The van der Waals surface area contributed by atoms with Crippen LogP contribution in [0.3, 0.4) is 0 Å². The van der Waals surface area contributed by atoms with Crippen LogP contribution in [0.4, 0.5) is 31.4 Å². The number of rotatable bonds is 32. The van der Waals surface area contributed by atoms with Gasteiger partial charge in [-0.3, -0.25) is 39.6 Å². The van der Waals surface area contributed by atoms with E-state index in [1.165, 1.54) is 45.7 Å². The van der Waals surface area contributed by atoms with Crippen molar-refractivity contribution in [3.8, 4) is 5.75 Å². The Bertz CT molecular complexity index is 3510. The van der Waals surface area contributed by atoms with Gasteiger partial charge >= 0.3 is 24.2 Å². The van der Waals surface area contributed by atoms with Crippen LogP contribution in [0.1, 0.15) is 96.8 Å². The van der Waals surface area contributed by atoms with Crippen LogP contribution in [0.5, 0.6) is 5.75 Å². The second-order valence-electron chi connectivity index (χ2n) is 26.9. The van der Waals surface area contributed by atoms with Crippen LogP contribution < -0.4 is 57.6 Å². The molecule has 3 aromatic rings. The van der Waals surface area contributed by atoms with Gasteiger partial charge in [-0.05, 0) is 106 Å². The number of benzene rings is 3. The number of allylic oxidation sites excluding steroid dienone is 3. The third-order valence-corrected chi connectivity index (χ3v) is 19.3. The molecule has 0 saturated carbocycles. The highest BCUT2D eigenvalue weighted by atomic mass is 35.5. The number of halogens is 1. The maximum absolute atomic E-state index is 14.5. The molecule has 30 nitrogen and oxygen atoms in total. The number of primary amides is 1. The predicted octanol–water partition coefficient (Wildman–Crippen LogP) is 4.76. The highest BCUT2D eigenvalue weighted by Gasteiger charge is 2.64. The number of methoxy groups -OCH3 is 2. The standard InChI is InChI=1S/C72H103ClN12O18/c1-43(2)63(80-60(87)27-31-98-33-34-99-32-29-76-59(86)26-30-85-51(41-82(8)75-7)38-49-18-13-14-20-53(49)85)66(90)79-52(19-16-28-77-68(74)92)65(89)78-50-24-22-47(23-25-50)42-100-70(94)83(9)46(5)67(91)102-58-39-61(88)84(10)54-36-48(37-55(96-11)62(54)73)35-44(3)17-15-21-57(97-12)72(95)40-56(101-69(93)81-72)45(4)64-71(58,6)103-64/h13-15,17-18,20-25,36-37,43,45-46,51-52,56-58,63-64,75,95H,16,19,26-35,38-42H2,1-12H3,(H,76,86)(H,78,89)(H,79,90)(H,80,87)(H,81,93)(H3,74,77,92)/b21-15+,44-17+/t45-,46+,51?,52+,56+,57-,58+,63+,64+,71-,72+/m1/s1. The largest absolute Gasteiger partial charge is 0.495 e. The minimum absolute atomic E-state index is 0.0352. The van der Waals surface area contributed by atoms with E-state index >= 15 is 0 Å². The van der Waals surface area contributed by atoms with Crippen LogP contribution in [-0.2, 0) is 81.4 Å². The number of aliphatic hydroxyl groups is 1. The second-order valence-corrected chi connectivity index (χ2v) is 27.3. The number of esters is 1. The number of likely N-dealkylation sites (N-methyl/N-ethyl adjacent to an activating group) is 2. The lowest BCUT2D eigenvalue weighted by atomic mass is 9.83. The van der Waals surface area contributed by atoms with E-state index in [2.05, 4.69) is 54.4 Å². The minimum Gasteiger partial charge on any atom is -0.495 e.